The maximum Gasteiger partial charge on any atom is 0.254 e. The predicted octanol–water partition coefficient (Wildman–Crippen LogP) is 1.73. The molecule has 0 radical (unpaired) electrons. The summed E-state index contributed by atoms with van der Waals surface area (Å²) >= 11 is 0. The lowest BCUT2D eigenvalue weighted by Gasteiger charge is -2.35. The molecule has 1 saturated heterocycles. The highest BCUT2D eigenvalue weighted by atomic mass is 16.1. The molecule has 2 aromatic rings. The highest BCUT2D eigenvalue weighted by Gasteiger charge is 2.20. The smallest absolute Gasteiger partial charge is 0.254 e. The first-order chi connectivity index (χ1) is 12.3. The van der Waals surface area contributed by atoms with Gasteiger partial charge in [0.05, 0.1) is 5.56 Å². The molecule has 7 nitrogen and oxygen atoms in total. The summed E-state index contributed by atoms with van der Waals surface area (Å²) in [5, 5.41) is 2.88. The number of unbranched alkanes of at least 4 members (excludes halogenated alkanes) is 1. The lowest BCUT2D eigenvalue weighted by Crippen LogP contribution is -2.47. The van der Waals surface area contributed by atoms with Crippen LogP contribution in [-0.4, -0.2) is 53.6 Å². The third-order valence-electron chi connectivity index (χ3n) is 4.25. The number of hydrogen-bond donors (Lipinski definition) is 1. The second-order valence-corrected chi connectivity index (χ2v) is 6.04. The topological polar surface area (TPSA) is 74.2 Å². The Morgan fingerprint density at radius 1 is 1.08 bits per heavy atom. The average molecular weight is 340 g/mol. The zero-order valence-corrected chi connectivity index (χ0v) is 14.6. The van der Waals surface area contributed by atoms with Crippen molar-refractivity contribution in [1.29, 1.82) is 0 Å². The summed E-state index contributed by atoms with van der Waals surface area (Å²) in [4.78, 5) is 29.5. The quantitative estimate of drug-likeness (QED) is 0.807. The summed E-state index contributed by atoms with van der Waals surface area (Å²) in [5.74, 6) is 1.56. The van der Waals surface area contributed by atoms with Gasteiger partial charge in [0.1, 0.15) is 5.82 Å². The van der Waals surface area contributed by atoms with Gasteiger partial charge in [-0.3, -0.25) is 4.79 Å². The molecular weight excluding hydrogens is 316 g/mol. The number of anilines is 2. The fourth-order valence-electron chi connectivity index (χ4n) is 2.76. The second kappa shape index (κ2) is 8.41. The zero-order chi connectivity index (χ0) is 17.5. The van der Waals surface area contributed by atoms with Crippen LogP contribution in [0.15, 0.2) is 36.8 Å². The number of carbonyl (C=O) groups excluding carboxylic acids is 1. The minimum atomic E-state index is -0.111. The van der Waals surface area contributed by atoms with Crippen LogP contribution in [0.3, 0.4) is 0 Å². The Bertz CT molecular complexity index is 668. The first-order valence-corrected chi connectivity index (χ1v) is 8.79. The van der Waals surface area contributed by atoms with Crippen LogP contribution in [0.4, 0.5) is 11.8 Å². The molecule has 0 saturated carbocycles. The highest BCUT2D eigenvalue weighted by Crippen LogP contribution is 2.15. The van der Waals surface area contributed by atoms with Crippen LogP contribution in [0, 0.1) is 0 Å². The van der Waals surface area contributed by atoms with E-state index in [0.717, 1.165) is 44.8 Å². The van der Waals surface area contributed by atoms with Crippen LogP contribution in [-0.2, 0) is 0 Å². The van der Waals surface area contributed by atoms with E-state index >= 15 is 0 Å². The molecule has 2 aromatic heterocycles. The summed E-state index contributed by atoms with van der Waals surface area (Å²) < 4.78 is 0. The maximum atomic E-state index is 12.0. The number of nitrogens with zero attached hydrogens (tertiary/aromatic N) is 5. The van der Waals surface area contributed by atoms with Crippen molar-refractivity contribution in [2.24, 2.45) is 0 Å². The molecule has 0 unspecified atom stereocenters. The lowest BCUT2D eigenvalue weighted by atomic mass is 10.3. The Morgan fingerprint density at radius 2 is 1.80 bits per heavy atom. The fourth-order valence-corrected chi connectivity index (χ4v) is 2.76. The summed E-state index contributed by atoms with van der Waals surface area (Å²) in [6.07, 6.45) is 7.06. The molecule has 1 aliphatic heterocycles. The van der Waals surface area contributed by atoms with Gasteiger partial charge in [0, 0.05) is 51.3 Å². The molecule has 25 heavy (non-hydrogen) atoms. The number of amides is 1. The molecule has 0 aromatic carbocycles. The normalized spacial score (nSPS) is 14.4. The van der Waals surface area contributed by atoms with Crippen molar-refractivity contribution in [3.63, 3.8) is 0 Å². The first kappa shape index (κ1) is 17.1. The van der Waals surface area contributed by atoms with E-state index in [1.165, 1.54) is 0 Å². The van der Waals surface area contributed by atoms with Crippen molar-refractivity contribution in [3.8, 4) is 0 Å². The van der Waals surface area contributed by atoms with Crippen LogP contribution in [0.5, 0.6) is 0 Å². The first-order valence-electron chi connectivity index (χ1n) is 8.79. The third kappa shape index (κ3) is 4.43. The zero-order valence-electron chi connectivity index (χ0n) is 14.6. The number of nitrogens with one attached hydrogen (secondary N) is 1. The van der Waals surface area contributed by atoms with E-state index in [9.17, 15) is 4.79 Å². The van der Waals surface area contributed by atoms with Crippen molar-refractivity contribution in [1.82, 2.24) is 20.3 Å². The SMILES string of the molecule is CCCCNC(=O)c1cnc(N2CCN(c3ccccn3)CC2)nc1. The number of aromatic nitrogens is 3. The summed E-state index contributed by atoms with van der Waals surface area (Å²) in [6, 6.07) is 5.95. The number of rotatable bonds is 6. The van der Waals surface area contributed by atoms with E-state index in [0.29, 0.717) is 18.1 Å². The van der Waals surface area contributed by atoms with E-state index in [1.807, 2.05) is 24.4 Å². The van der Waals surface area contributed by atoms with Crippen molar-refractivity contribution < 1.29 is 4.79 Å². The Morgan fingerprint density at radius 3 is 2.44 bits per heavy atom. The van der Waals surface area contributed by atoms with E-state index in [-0.39, 0.29) is 5.91 Å². The van der Waals surface area contributed by atoms with Gasteiger partial charge in [-0.05, 0) is 18.6 Å². The molecule has 1 amide bonds. The van der Waals surface area contributed by atoms with Crippen molar-refractivity contribution in [2.45, 2.75) is 19.8 Å². The monoisotopic (exact) mass is 340 g/mol. The van der Waals surface area contributed by atoms with Crippen LogP contribution in [0.1, 0.15) is 30.1 Å². The molecule has 1 aliphatic rings. The van der Waals surface area contributed by atoms with Gasteiger partial charge < -0.3 is 15.1 Å². The molecule has 3 rings (SSSR count). The molecule has 3 heterocycles. The average Bonchev–Trinajstić information content (AvgIpc) is 2.69. The maximum absolute atomic E-state index is 12.0. The van der Waals surface area contributed by atoms with E-state index in [4.69, 9.17) is 0 Å². The summed E-state index contributed by atoms with van der Waals surface area (Å²) in [7, 11) is 0. The molecule has 1 N–H and O–H groups in total. The van der Waals surface area contributed by atoms with Gasteiger partial charge in [-0.25, -0.2) is 15.0 Å². The van der Waals surface area contributed by atoms with Gasteiger partial charge in [-0.1, -0.05) is 19.4 Å². The van der Waals surface area contributed by atoms with Gasteiger partial charge in [0.15, 0.2) is 0 Å². The van der Waals surface area contributed by atoms with Crippen molar-refractivity contribution >= 4 is 17.7 Å². The summed E-state index contributed by atoms with van der Waals surface area (Å²) in [5.41, 5.74) is 0.506. The molecule has 132 valence electrons. The molecule has 0 atom stereocenters. The van der Waals surface area contributed by atoms with Crippen molar-refractivity contribution in [3.05, 3.63) is 42.4 Å². The number of hydrogen-bond acceptors (Lipinski definition) is 6. The van der Waals surface area contributed by atoms with Crippen LogP contribution < -0.4 is 15.1 Å². The fraction of sp³-hybridized carbons (Fsp3) is 0.444. The van der Waals surface area contributed by atoms with Crippen LogP contribution in [0.2, 0.25) is 0 Å². The van der Waals surface area contributed by atoms with Crippen molar-refractivity contribution in [2.75, 3.05) is 42.5 Å². The number of piperazine rings is 1. The van der Waals surface area contributed by atoms with Gasteiger partial charge in [0.25, 0.3) is 5.91 Å². The third-order valence-corrected chi connectivity index (χ3v) is 4.25. The van der Waals surface area contributed by atoms with Gasteiger partial charge in [-0.2, -0.15) is 0 Å². The lowest BCUT2D eigenvalue weighted by molar-refractivity contribution is 0.0952. The van der Waals surface area contributed by atoms with Gasteiger partial charge >= 0.3 is 0 Å². The van der Waals surface area contributed by atoms with E-state index < -0.39 is 0 Å². The minimum absolute atomic E-state index is 0.111. The largest absolute Gasteiger partial charge is 0.353 e. The molecule has 0 bridgehead atoms. The van der Waals surface area contributed by atoms with Gasteiger partial charge in [-0.15, -0.1) is 0 Å². The van der Waals surface area contributed by atoms with E-state index in [2.05, 4.69) is 37.0 Å². The predicted molar refractivity (Wildman–Crippen MR) is 97.9 cm³/mol. The molecule has 1 fully saturated rings. The number of pyridine rings is 1. The minimum Gasteiger partial charge on any atom is -0.353 e. The Labute approximate surface area is 148 Å². The molecule has 7 heteroatoms. The summed E-state index contributed by atoms with van der Waals surface area (Å²) in [6.45, 7) is 6.20. The molecule has 0 aliphatic carbocycles. The van der Waals surface area contributed by atoms with Crippen LogP contribution >= 0.6 is 0 Å². The standard InChI is InChI=1S/C18H24N6O/c1-2-3-7-20-17(25)15-13-21-18(22-14-15)24-11-9-23(10-12-24)16-6-4-5-8-19-16/h4-6,8,13-14H,2-3,7,9-12H2,1H3,(H,20,25). The second-order valence-electron chi connectivity index (χ2n) is 6.04. The molecular formula is C18H24N6O. The van der Waals surface area contributed by atoms with E-state index in [1.54, 1.807) is 12.4 Å². The molecule has 0 spiro atoms. The Hall–Kier alpha value is -2.70. The van der Waals surface area contributed by atoms with Gasteiger partial charge in [0.2, 0.25) is 5.95 Å². The number of carbonyl (C=O) groups is 1. The Balaban J connectivity index is 1.54. The van der Waals surface area contributed by atoms with Crippen LogP contribution in [0.25, 0.3) is 0 Å². The Kier molecular flexibility index (Phi) is 5.77. The highest BCUT2D eigenvalue weighted by molar-refractivity contribution is 5.93.